The van der Waals surface area contributed by atoms with Gasteiger partial charge >= 0.3 is 5.97 Å². The molecule has 7 heteroatoms. The summed E-state index contributed by atoms with van der Waals surface area (Å²) in [4.78, 5) is 39.7. The first-order valence-electron chi connectivity index (χ1n) is 11.3. The lowest BCUT2D eigenvalue weighted by atomic mass is 9.71. The number of carboxylic acid groups (broad SMARTS) is 1. The molecule has 32 heavy (non-hydrogen) atoms. The van der Waals surface area contributed by atoms with E-state index in [2.05, 4.69) is 0 Å². The SMILES string of the molecule is CCCOc1ccc(C2C3=C(CCCC3=O)N(CC(=O)O)C3=C2C(=O)CCC3)cc1OC. The third kappa shape index (κ3) is 3.92. The first kappa shape index (κ1) is 22.1. The van der Waals surface area contributed by atoms with E-state index in [9.17, 15) is 19.5 Å². The van der Waals surface area contributed by atoms with Crippen molar-refractivity contribution < 1.29 is 29.0 Å². The summed E-state index contributed by atoms with van der Waals surface area (Å²) in [7, 11) is 1.57. The fraction of sp³-hybridized carbons (Fsp3) is 0.480. The molecule has 0 bridgehead atoms. The van der Waals surface area contributed by atoms with Gasteiger partial charge in [0.05, 0.1) is 13.7 Å². The number of hydrogen-bond acceptors (Lipinski definition) is 6. The van der Waals surface area contributed by atoms with Crippen molar-refractivity contribution >= 4 is 17.5 Å². The second-order valence-corrected chi connectivity index (χ2v) is 8.45. The molecule has 1 aromatic rings. The molecule has 0 amide bonds. The van der Waals surface area contributed by atoms with E-state index in [1.165, 1.54) is 0 Å². The molecule has 0 aromatic heterocycles. The molecule has 0 radical (unpaired) electrons. The van der Waals surface area contributed by atoms with Crippen LogP contribution in [0.15, 0.2) is 40.7 Å². The molecule has 4 rings (SSSR count). The average Bonchev–Trinajstić information content (AvgIpc) is 2.78. The lowest BCUT2D eigenvalue weighted by Gasteiger charge is -2.43. The van der Waals surface area contributed by atoms with Gasteiger partial charge in [0, 0.05) is 41.3 Å². The lowest BCUT2D eigenvalue weighted by molar-refractivity contribution is -0.138. The Labute approximate surface area is 187 Å². The minimum Gasteiger partial charge on any atom is -0.493 e. The van der Waals surface area contributed by atoms with Crippen LogP contribution in [0.2, 0.25) is 0 Å². The number of nitrogens with zero attached hydrogens (tertiary/aromatic N) is 1. The van der Waals surface area contributed by atoms with E-state index in [0.29, 0.717) is 67.8 Å². The third-order valence-electron chi connectivity index (χ3n) is 6.36. The number of ether oxygens (including phenoxy) is 2. The van der Waals surface area contributed by atoms with Crippen molar-refractivity contribution in [2.75, 3.05) is 20.3 Å². The van der Waals surface area contributed by atoms with Gasteiger partial charge in [-0.1, -0.05) is 13.0 Å². The van der Waals surface area contributed by atoms with Gasteiger partial charge in [-0.05, 0) is 49.8 Å². The van der Waals surface area contributed by atoms with Crippen molar-refractivity contribution in [2.45, 2.75) is 57.8 Å². The molecule has 1 aliphatic heterocycles. The normalized spacial score (nSPS) is 19.1. The monoisotopic (exact) mass is 439 g/mol. The van der Waals surface area contributed by atoms with Crippen LogP contribution in [0.4, 0.5) is 0 Å². The second-order valence-electron chi connectivity index (χ2n) is 8.45. The predicted octanol–water partition coefficient (Wildman–Crippen LogP) is 3.98. The molecule has 0 fully saturated rings. The van der Waals surface area contributed by atoms with Gasteiger partial charge in [-0.2, -0.15) is 0 Å². The topological polar surface area (TPSA) is 93.1 Å². The van der Waals surface area contributed by atoms with Crippen molar-refractivity contribution in [1.29, 1.82) is 0 Å². The molecule has 0 saturated carbocycles. The molecule has 2 aliphatic carbocycles. The third-order valence-corrected chi connectivity index (χ3v) is 6.36. The zero-order chi connectivity index (χ0) is 22.8. The summed E-state index contributed by atoms with van der Waals surface area (Å²) in [6.07, 6.45) is 4.30. The number of carbonyl (C=O) groups excluding carboxylic acids is 2. The maximum absolute atomic E-state index is 13.2. The highest BCUT2D eigenvalue weighted by Crippen LogP contribution is 2.49. The number of methoxy groups -OCH3 is 1. The average molecular weight is 440 g/mol. The fourth-order valence-corrected chi connectivity index (χ4v) is 5.07. The highest BCUT2D eigenvalue weighted by molar-refractivity contribution is 6.06. The summed E-state index contributed by atoms with van der Waals surface area (Å²) in [5, 5.41) is 9.54. The van der Waals surface area contributed by atoms with Gasteiger partial charge in [0.2, 0.25) is 0 Å². The van der Waals surface area contributed by atoms with E-state index in [0.717, 1.165) is 23.4 Å². The molecule has 3 aliphatic rings. The van der Waals surface area contributed by atoms with Crippen LogP contribution in [0.25, 0.3) is 0 Å². The zero-order valence-electron chi connectivity index (χ0n) is 18.6. The smallest absolute Gasteiger partial charge is 0.323 e. The Morgan fingerprint density at radius 3 is 2.19 bits per heavy atom. The molecule has 0 atom stereocenters. The van der Waals surface area contributed by atoms with E-state index in [1.54, 1.807) is 12.0 Å². The molecule has 1 aromatic carbocycles. The Hall–Kier alpha value is -3.09. The Kier molecular flexibility index (Phi) is 6.35. The summed E-state index contributed by atoms with van der Waals surface area (Å²) in [5.41, 5.74) is 3.44. The molecule has 0 unspecified atom stereocenters. The molecule has 170 valence electrons. The van der Waals surface area contributed by atoms with Crippen LogP contribution < -0.4 is 9.47 Å². The number of rotatable bonds is 7. The number of benzene rings is 1. The van der Waals surface area contributed by atoms with E-state index in [1.807, 2.05) is 25.1 Å². The molecule has 0 saturated heterocycles. The molecule has 0 spiro atoms. The van der Waals surface area contributed by atoms with Gasteiger partial charge in [0.15, 0.2) is 23.1 Å². The minimum absolute atomic E-state index is 0.0122. The minimum atomic E-state index is -0.975. The van der Waals surface area contributed by atoms with Crippen LogP contribution in [0.1, 0.15) is 63.4 Å². The molecule has 7 nitrogen and oxygen atoms in total. The van der Waals surface area contributed by atoms with E-state index >= 15 is 0 Å². The zero-order valence-corrected chi connectivity index (χ0v) is 18.6. The summed E-state index contributed by atoms with van der Waals surface area (Å²) in [6.45, 7) is 2.35. The van der Waals surface area contributed by atoms with Crippen molar-refractivity contribution in [3.63, 3.8) is 0 Å². The number of ketones is 2. The Balaban J connectivity index is 1.89. The summed E-state index contributed by atoms with van der Waals surface area (Å²) in [5.74, 6) is -0.324. The number of carboxylic acids is 1. The van der Waals surface area contributed by atoms with Gasteiger partial charge in [0.25, 0.3) is 0 Å². The van der Waals surface area contributed by atoms with Crippen molar-refractivity contribution in [1.82, 2.24) is 4.90 Å². The van der Waals surface area contributed by atoms with Gasteiger partial charge in [-0.15, -0.1) is 0 Å². The Bertz CT molecular complexity index is 977. The first-order chi connectivity index (χ1) is 15.5. The number of aliphatic carboxylic acids is 1. The Morgan fingerprint density at radius 1 is 1.03 bits per heavy atom. The number of carbonyl (C=O) groups is 3. The van der Waals surface area contributed by atoms with Gasteiger partial charge in [0.1, 0.15) is 6.54 Å². The van der Waals surface area contributed by atoms with Crippen LogP contribution in [-0.4, -0.2) is 47.8 Å². The molecule has 1 heterocycles. The quantitative estimate of drug-likeness (QED) is 0.687. The number of allylic oxidation sites excluding steroid dienone is 4. The van der Waals surface area contributed by atoms with Gasteiger partial charge < -0.3 is 19.5 Å². The molecular weight excluding hydrogens is 410 g/mol. The van der Waals surface area contributed by atoms with Gasteiger partial charge in [-0.3, -0.25) is 14.4 Å². The van der Waals surface area contributed by atoms with Crippen LogP contribution in [0.5, 0.6) is 11.5 Å². The van der Waals surface area contributed by atoms with Crippen LogP contribution in [-0.2, 0) is 14.4 Å². The summed E-state index contributed by atoms with van der Waals surface area (Å²) < 4.78 is 11.3. The largest absolute Gasteiger partial charge is 0.493 e. The van der Waals surface area contributed by atoms with Crippen molar-refractivity contribution in [3.05, 3.63) is 46.3 Å². The van der Waals surface area contributed by atoms with Crippen LogP contribution in [0, 0.1) is 0 Å². The second kappa shape index (κ2) is 9.18. The van der Waals surface area contributed by atoms with E-state index in [-0.39, 0.29) is 18.1 Å². The van der Waals surface area contributed by atoms with E-state index < -0.39 is 11.9 Å². The lowest BCUT2D eigenvalue weighted by Crippen LogP contribution is -2.41. The van der Waals surface area contributed by atoms with Crippen molar-refractivity contribution in [3.8, 4) is 11.5 Å². The number of hydrogen-bond donors (Lipinski definition) is 1. The standard InChI is InChI=1S/C25H29NO6/c1-3-12-32-20-11-10-15(13-21(20)31-2)23-24-16(6-4-8-18(24)27)26(14-22(29)30)17-7-5-9-19(28)25(17)23/h10-11,13,23H,3-9,12,14H2,1-2H3,(H,29,30). The van der Waals surface area contributed by atoms with Gasteiger partial charge in [-0.25, -0.2) is 0 Å². The van der Waals surface area contributed by atoms with E-state index in [4.69, 9.17) is 9.47 Å². The highest BCUT2D eigenvalue weighted by Gasteiger charge is 2.43. The first-order valence-corrected chi connectivity index (χ1v) is 11.3. The number of Topliss-reactive ketones (excluding diaryl/α,β-unsaturated/α-hetero) is 2. The highest BCUT2D eigenvalue weighted by atomic mass is 16.5. The Morgan fingerprint density at radius 2 is 1.66 bits per heavy atom. The summed E-state index contributed by atoms with van der Waals surface area (Å²) in [6, 6.07) is 5.57. The van der Waals surface area contributed by atoms with Crippen LogP contribution in [0.3, 0.4) is 0 Å². The maximum Gasteiger partial charge on any atom is 0.323 e. The predicted molar refractivity (Wildman–Crippen MR) is 118 cm³/mol. The fourth-order valence-electron chi connectivity index (χ4n) is 5.07. The molecule has 1 N–H and O–H groups in total. The summed E-state index contributed by atoms with van der Waals surface area (Å²) >= 11 is 0. The maximum atomic E-state index is 13.2. The van der Waals surface area contributed by atoms with Crippen LogP contribution >= 0.6 is 0 Å². The molecular formula is C25H29NO6. The van der Waals surface area contributed by atoms with Crippen molar-refractivity contribution in [2.24, 2.45) is 0 Å².